The quantitative estimate of drug-likeness (QED) is 0.472. The molecule has 0 aromatic rings. The Kier molecular flexibility index (Phi) is 3.01. The molecule has 0 spiro atoms. The lowest BCUT2D eigenvalue weighted by molar-refractivity contribution is -0.180. The van der Waals surface area contributed by atoms with Crippen molar-refractivity contribution in [1.29, 1.82) is 0 Å². The summed E-state index contributed by atoms with van der Waals surface area (Å²) in [4.78, 5) is 11.4. The number of carbonyl (C=O) groups excluding carboxylic acids is 1. The first kappa shape index (κ1) is 11.6. The zero-order chi connectivity index (χ0) is 11.9. The number of carbonyl (C=O) groups is 1. The number of ether oxygens (including phenoxy) is 2. The van der Waals surface area contributed by atoms with Gasteiger partial charge in [-0.15, -0.1) is 0 Å². The first-order valence-electron chi connectivity index (χ1n) is 5.41. The van der Waals surface area contributed by atoms with Crippen LogP contribution in [0.4, 0.5) is 0 Å². The van der Waals surface area contributed by atoms with Crippen molar-refractivity contribution < 1.29 is 24.5 Å². The van der Waals surface area contributed by atoms with Crippen LogP contribution in [0.2, 0.25) is 0 Å². The lowest BCUT2D eigenvalue weighted by Gasteiger charge is -2.37. The molecule has 6 atom stereocenters. The van der Waals surface area contributed by atoms with Crippen LogP contribution in [0.3, 0.4) is 0 Å². The van der Waals surface area contributed by atoms with Crippen LogP contribution in [0.1, 0.15) is 13.8 Å². The number of aliphatic hydroxyl groups is 2. The minimum absolute atomic E-state index is 0.382. The third-order valence-electron chi connectivity index (χ3n) is 3.14. The Bertz CT molecular complexity index is 313. The van der Waals surface area contributed by atoms with Crippen LogP contribution < -0.4 is 0 Å². The molecule has 2 rings (SSSR count). The van der Waals surface area contributed by atoms with E-state index in [0.29, 0.717) is 0 Å². The van der Waals surface area contributed by atoms with Crippen LogP contribution in [-0.4, -0.2) is 46.7 Å². The predicted octanol–water partition coefficient (Wildman–Crippen LogP) is -0.387. The molecule has 0 amide bonds. The minimum Gasteiger partial charge on any atom is -0.460 e. The number of rotatable bonds is 1. The smallest absolute Gasteiger partial charge is 0.314 e. The monoisotopic (exact) mass is 228 g/mol. The van der Waals surface area contributed by atoms with Crippen molar-refractivity contribution in [2.75, 3.05) is 0 Å². The van der Waals surface area contributed by atoms with Gasteiger partial charge in [0.15, 0.2) is 0 Å². The van der Waals surface area contributed by atoms with Crippen LogP contribution in [-0.2, 0) is 14.3 Å². The zero-order valence-electron chi connectivity index (χ0n) is 9.24. The van der Waals surface area contributed by atoms with Gasteiger partial charge in [0, 0.05) is 0 Å². The van der Waals surface area contributed by atoms with Crippen molar-refractivity contribution in [3.05, 3.63) is 12.2 Å². The van der Waals surface area contributed by atoms with Crippen molar-refractivity contribution in [3.8, 4) is 0 Å². The number of hydrogen-bond acceptors (Lipinski definition) is 5. The number of hydrogen-bond donors (Lipinski definition) is 2. The molecule has 2 saturated heterocycles. The average molecular weight is 228 g/mol. The normalized spacial score (nSPS) is 48.1. The molecule has 5 heteroatoms. The van der Waals surface area contributed by atoms with Gasteiger partial charge < -0.3 is 19.7 Å². The van der Waals surface area contributed by atoms with Crippen molar-refractivity contribution in [2.24, 2.45) is 5.92 Å². The standard InChI is InChI=1S/C11H16O5/c1-3-4-6-8(12)9(13)7-10(16-6)5(2)15-11(7)14/h3-10,12-13H,1-2H3. The maximum absolute atomic E-state index is 11.4. The fourth-order valence-electron chi connectivity index (χ4n) is 2.30. The van der Waals surface area contributed by atoms with Gasteiger partial charge in [0.2, 0.25) is 0 Å². The highest BCUT2D eigenvalue weighted by Crippen LogP contribution is 2.35. The summed E-state index contributed by atoms with van der Waals surface area (Å²) in [6, 6.07) is 0. The van der Waals surface area contributed by atoms with E-state index in [1.54, 1.807) is 26.0 Å². The van der Waals surface area contributed by atoms with Crippen molar-refractivity contribution in [2.45, 2.75) is 44.4 Å². The molecule has 2 aliphatic rings. The molecule has 2 N–H and O–H groups in total. The van der Waals surface area contributed by atoms with E-state index in [4.69, 9.17) is 9.47 Å². The molecule has 0 aliphatic carbocycles. The van der Waals surface area contributed by atoms with Crippen LogP contribution in [0.25, 0.3) is 0 Å². The Labute approximate surface area is 93.7 Å². The van der Waals surface area contributed by atoms with E-state index in [1.165, 1.54) is 0 Å². The molecule has 90 valence electrons. The summed E-state index contributed by atoms with van der Waals surface area (Å²) >= 11 is 0. The minimum atomic E-state index is -1.13. The topological polar surface area (TPSA) is 76.0 Å². The van der Waals surface area contributed by atoms with Crippen LogP contribution in [0.15, 0.2) is 12.2 Å². The fourth-order valence-corrected chi connectivity index (χ4v) is 2.30. The summed E-state index contributed by atoms with van der Waals surface area (Å²) in [5.74, 6) is -1.27. The molecular weight excluding hydrogens is 212 g/mol. The van der Waals surface area contributed by atoms with E-state index in [1.807, 2.05) is 0 Å². The van der Waals surface area contributed by atoms with Gasteiger partial charge in [-0.25, -0.2) is 0 Å². The van der Waals surface area contributed by atoms with E-state index >= 15 is 0 Å². The molecule has 0 aromatic carbocycles. The third kappa shape index (κ3) is 1.65. The fraction of sp³-hybridized carbons (Fsp3) is 0.727. The predicted molar refractivity (Wildman–Crippen MR) is 54.5 cm³/mol. The zero-order valence-corrected chi connectivity index (χ0v) is 9.24. The summed E-state index contributed by atoms with van der Waals surface area (Å²) in [5, 5.41) is 19.7. The molecule has 6 unspecified atom stereocenters. The third-order valence-corrected chi connectivity index (χ3v) is 3.14. The van der Waals surface area contributed by atoms with Crippen LogP contribution in [0, 0.1) is 5.92 Å². The summed E-state index contributed by atoms with van der Waals surface area (Å²) in [7, 11) is 0. The molecule has 5 nitrogen and oxygen atoms in total. The molecule has 0 radical (unpaired) electrons. The molecule has 2 aliphatic heterocycles. The highest BCUT2D eigenvalue weighted by atomic mass is 16.6. The molecule has 0 aromatic heterocycles. The van der Waals surface area contributed by atoms with E-state index in [0.717, 1.165) is 0 Å². The maximum atomic E-state index is 11.4. The highest BCUT2D eigenvalue weighted by Gasteiger charge is 2.54. The molecule has 16 heavy (non-hydrogen) atoms. The molecule has 0 bridgehead atoms. The summed E-state index contributed by atoms with van der Waals surface area (Å²) < 4.78 is 10.6. The van der Waals surface area contributed by atoms with Crippen LogP contribution in [0.5, 0.6) is 0 Å². The average Bonchev–Trinajstić information content (AvgIpc) is 2.50. The Morgan fingerprint density at radius 2 is 2.00 bits per heavy atom. The Morgan fingerprint density at radius 3 is 2.62 bits per heavy atom. The van der Waals surface area contributed by atoms with Crippen molar-refractivity contribution in [1.82, 2.24) is 0 Å². The first-order chi connectivity index (χ1) is 7.56. The lowest BCUT2D eigenvalue weighted by atomic mass is 9.86. The van der Waals surface area contributed by atoms with Crippen molar-refractivity contribution in [3.63, 3.8) is 0 Å². The number of esters is 1. The summed E-state index contributed by atoms with van der Waals surface area (Å²) in [6.07, 6.45) is -0.256. The number of cyclic esters (lactones) is 1. The number of aliphatic hydroxyl groups excluding tert-OH is 2. The van der Waals surface area contributed by atoms with E-state index in [9.17, 15) is 15.0 Å². The van der Waals surface area contributed by atoms with Gasteiger partial charge in [-0.3, -0.25) is 4.79 Å². The van der Waals surface area contributed by atoms with Gasteiger partial charge in [0.25, 0.3) is 0 Å². The largest absolute Gasteiger partial charge is 0.460 e. The van der Waals surface area contributed by atoms with E-state index in [2.05, 4.69) is 0 Å². The second-order valence-electron chi connectivity index (χ2n) is 4.24. The first-order valence-corrected chi connectivity index (χ1v) is 5.41. The van der Waals surface area contributed by atoms with E-state index < -0.39 is 36.3 Å². The number of allylic oxidation sites excluding steroid dienone is 1. The Hall–Kier alpha value is -0.910. The second kappa shape index (κ2) is 4.16. The summed E-state index contributed by atoms with van der Waals surface area (Å²) in [5.41, 5.74) is 0. The molecule has 0 saturated carbocycles. The van der Waals surface area contributed by atoms with Gasteiger partial charge in [-0.1, -0.05) is 12.2 Å². The number of fused-ring (bicyclic) bond motifs is 1. The highest BCUT2D eigenvalue weighted by molar-refractivity contribution is 5.76. The Morgan fingerprint density at radius 1 is 1.31 bits per heavy atom. The lowest BCUT2D eigenvalue weighted by Crippen LogP contribution is -2.55. The SMILES string of the molecule is CC=CC1OC2C(C)OC(=O)C2C(O)C1O. The van der Waals surface area contributed by atoms with Crippen LogP contribution >= 0.6 is 0 Å². The van der Waals surface area contributed by atoms with Gasteiger partial charge >= 0.3 is 5.97 Å². The van der Waals surface area contributed by atoms with Gasteiger partial charge in [-0.2, -0.15) is 0 Å². The summed E-state index contributed by atoms with van der Waals surface area (Å²) in [6.45, 7) is 3.52. The van der Waals surface area contributed by atoms with Crippen molar-refractivity contribution >= 4 is 5.97 Å². The Balaban J connectivity index is 2.23. The van der Waals surface area contributed by atoms with Gasteiger partial charge in [-0.05, 0) is 13.8 Å². The van der Waals surface area contributed by atoms with Gasteiger partial charge in [0.05, 0.1) is 6.10 Å². The van der Waals surface area contributed by atoms with Gasteiger partial charge in [0.1, 0.15) is 30.3 Å². The molecule has 2 fully saturated rings. The second-order valence-corrected chi connectivity index (χ2v) is 4.24. The maximum Gasteiger partial charge on any atom is 0.314 e. The molecule has 2 heterocycles. The molecular formula is C11H16O5. The van der Waals surface area contributed by atoms with E-state index in [-0.39, 0.29) is 6.10 Å².